The molecule has 1 aromatic heterocycles. The van der Waals surface area contributed by atoms with E-state index >= 15 is 0 Å². The van der Waals surface area contributed by atoms with Gasteiger partial charge >= 0.3 is 0 Å². The summed E-state index contributed by atoms with van der Waals surface area (Å²) in [5.41, 5.74) is 1.03. The van der Waals surface area contributed by atoms with Gasteiger partial charge in [0.25, 0.3) is 0 Å². The monoisotopic (exact) mass is 305 g/mol. The lowest BCUT2D eigenvalue weighted by Gasteiger charge is -2.38. The van der Waals surface area contributed by atoms with E-state index in [9.17, 15) is 0 Å². The largest absolute Gasteiger partial charge is 0.352 e. The van der Waals surface area contributed by atoms with Gasteiger partial charge < -0.3 is 4.90 Å². The van der Waals surface area contributed by atoms with Gasteiger partial charge in [-0.25, -0.2) is 9.97 Å². The number of para-hydroxylation sites is 1. The van der Waals surface area contributed by atoms with Crippen LogP contribution in [0.5, 0.6) is 0 Å². The number of benzene rings is 1. The fourth-order valence-corrected chi connectivity index (χ4v) is 2.85. The second-order valence-electron chi connectivity index (χ2n) is 4.68. The molecule has 3 nitrogen and oxygen atoms in total. The summed E-state index contributed by atoms with van der Waals surface area (Å²) in [6.45, 7) is 1.01. The zero-order valence-electron chi connectivity index (χ0n) is 10.2. The second-order valence-corrected chi connectivity index (χ2v) is 5.47. The lowest BCUT2D eigenvalue weighted by atomic mass is 9.91. The fourth-order valence-electron chi connectivity index (χ4n) is 2.47. The Bertz CT molecular complexity index is 534. The van der Waals surface area contributed by atoms with Crippen LogP contribution in [-0.2, 0) is 0 Å². The van der Waals surface area contributed by atoms with Crippen LogP contribution >= 0.6 is 15.9 Å². The van der Waals surface area contributed by atoms with Gasteiger partial charge in [-0.3, -0.25) is 0 Å². The third kappa shape index (κ3) is 2.09. The van der Waals surface area contributed by atoms with E-state index in [4.69, 9.17) is 0 Å². The summed E-state index contributed by atoms with van der Waals surface area (Å²) in [6.07, 6.45) is 5.58. The molecular weight excluding hydrogens is 290 g/mol. The van der Waals surface area contributed by atoms with Gasteiger partial charge in [0.2, 0.25) is 0 Å². The summed E-state index contributed by atoms with van der Waals surface area (Å²) in [5, 5.41) is 2.13. The van der Waals surface area contributed by atoms with Crippen LogP contribution in [0.15, 0.2) is 30.6 Å². The average Bonchev–Trinajstić information content (AvgIpc) is 2.35. The quantitative estimate of drug-likeness (QED) is 0.811. The first kappa shape index (κ1) is 11.9. The van der Waals surface area contributed by atoms with Gasteiger partial charge in [-0.15, -0.1) is 0 Å². The molecule has 0 amide bonds. The number of rotatable bonds is 4. The summed E-state index contributed by atoms with van der Waals surface area (Å²) in [7, 11) is 0. The molecule has 0 aliphatic heterocycles. The molecule has 1 aliphatic rings. The van der Waals surface area contributed by atoms with Gasteiger partial charge in [-0.1, -0.05) is 28.1 Å². The zero-order valence-corrected chi connectivity index (χ0v) is 11.8. The third-order valence-electron chi connectivity index (χ3n) is 3.63. The molecule has 1 saturated carbocycles. The minimum absolute atomic E-state index is 0.654. The van der Waals surface area contributed by atoms with E-state index in [2.05, 4.69) is 42.9 Å². The molecule has 0 radical (unpaired) electrons. The number of nitrogens with zero attached hydrogens (tertiary/aromatic N) is 3. The average molecular weight is 306 g/mol. The SMILES string of the molecule is BrCCN(c1ncnc2ccccc12)C1CCC1. The number of alkyl halides is 1. The maximum absolute atomic E-state index is 4.52. The number of fused-ring (bicyclic) bond motifs is 1. The van der Waals surface area contributed by atoms with Crippen LogP contribution in [0.25, 0.3) is 10.9 Å². The third-order valence-corrected chi connectivity index (χ3v) is 3.99. The van der Waals surface area contributed by atoms with Crippen molar-refractivity contribution >= 4 is 32.7 Å². The van der Waals surface area contributed by atoms with Crippen molar-refractivity contribution in [1.82, 2.24) is 9.97 Å². The molecule has 1 heterocycles. The van der Waals surface area contributed by atoms with E-state index < -0.39 is 0 Å². The van der Waals surface area contributed by atoms with Crippen molar-refractivity contribution in [3.8, 4) is 0 Å². The van der Waals surface area contributed by atoms with Gasteiger partial charge in [-0.2, -0.15) is 0 Å². The van der Waals surface area contributed by atoms with Crippen LogP contribution in [0.1, 0.15) is 19.3 Å². The summed E-state index contributed by atoms with van der Waals surface area (Å²) >= 11 is 3.55. The molecule has 0 bridgehead atoms. The lowest BCUT2D eigenvalue weighted by Crippen LogP contribution is -2.42. The van der Waals surface area contributed by atoms with Crippen molar-refractivity contribution in [1.29, 1.82) is 0 Å². The molecule has 1 aliphatic carbocycles. The Labute approximate surface area is 115 Å². The molecule has 1 aromatic carbocycles. The molecule has 0 saturated heterocycles. The van der Waals surface area contributed by atoms with E-state index in [1.54, 1.807) is 6.33 Å². The summed E-state index contributed by atoms with van der Waals surface area (Å²) < 4.78 is 0. The van der Waals surface area contributed by atoms with Gasteiger partial charge in [0, 0.05) is 23.3 Å². The normalized spacial score (nSPS) is 15.6. The smallest absolute Gasteiger partial charge is 0.140 e. The topological polar surface area (TPSA) is 29.0 Å². The Morgan fingerprint density at radius 1 is 1.22 bits per heavy atom. The Balaban J connectivity index is 2.04. The molecule has 2 aromatic rings. The Morgan fingerprint density at radius 3 is 2.78 bits per heavy atom. The predicted molar refractivity (Wildman–Crippen MR) is 78.3 cm³/mol. The highest BCUT2D eigenvalue weighted by Gasteiger charge is 2.26. The van der Waals surface area contributed by atoms with Gasteiger partial charge in [0.1, 0.15) is 12.1 Å². The number of hydrogen-bond acceptors (Lipinski definition) is 3. The maximum atomic E-state index is 4.52. The van der Waals surface area contributed by atoms with Crippen molar-refractivity contribution in [2.45, 2.75) is 25.3 Å². The van der Waals surface area contributed by atoms with E-state index in [0.717, 1.165) is 28.6 Å². The first-order valence-corrected chi connectivity index (χ1v) is 7.54. The zero-order chi connectivity index (χ0) is 12.4. The molecule has 0 unspecified atom stereocenters. The Morgan fingerprint density at radius 2 is 2.06 bits per heavy atom. The number of aromatic nitrogens is 2. The molecule has 18 heavy (non-hydrogen) atoms. The summed E-state index contributed by atoms with van der Waals surface area (Å²) in [4.78, 5) is 11.3. The molecular formula is C14H16BrN3. The Hall–Kier alpha value is -1.16. The van der Waals surface area contributed by atoms with E-state index in [-0.39, 0.29) is 0 Å². The molecule has 94 valence electrons. The first-order valence-electron chi connectivity index (χ1n) is 6.42. The minimum Gasteiger partial charge on any atom is -0.352 e. The van der Waals surface area contributed by atoms with E-state index in [0.29, 0.717) is 6.04 Å². The predicted octanol–water partition coefficient (Wildman–Crippen LogP) is 3.38. The van der Waals surface area contributed by atoms with Crippen molar-refractivity contribution in [3.63, 3.8) is 0 Å². The lowest BCUT2D eigenvalue weighted by molar-refractivity contribution is 0.389. The van der Waals surface area contributed by atoms with Crippen molar-refractivity contribution < 1.29 is 0 Å². The maximum Gasteiger partial charge on any atom is 0.140 e. The van der Waals surface area contributed by atoms with E-state index in [1.165, 1.54) is 19.3 Å². The fraction of sp³-hybridized carbons (Fsp3) is 0.429. The van der Waals surface area contributed by atoms with Crippen LogP contribution in [-0.4, -0.2) is 27.9 Å². The standard InChI is InChI=1S/C14H16BrN3/c15-8-9-18(11-4-3-5-11)14-12-6-1-2-7-13(12)16-10-17-14/h1-2,6-7,10-11H,3-5,8-9H2. The molecule has 0 spiro atoms. The van der Waals surface area contributed by atoms with Gasteiger partial charge in [0.05, 0.1) is 5.52 Å². The summed E-state index contributed by atoms with van der Waals surface area (Å²) in [6, 6.07) is 8.90. The van der Waals surface area contributed by atoms with Crippen molar-refractivity contribution in [2.24, 2.45) is 0 Å². The number of anilines is 1. The minimum atomic E-state index is 0.654. The number of halogens is 1. The molecule has 0 N–H and O–H groups in total. The second kappa shape index (κ2) is 5.22. The highest BCUT2D eigenvalue weighted by atomic mass is 79.9. The van der Waals surface area contributed by atoms with Gasteiger partial charge in [0.15, 0.2) is 0 Å². The van der Waals surface area contributed by atoms with Crippen LogP contribution in [0.3, 0.4) is 0 Å². The van der Waals surface area contributed by atoms with Crippen LogP contribution in [0.2, 0.25) is 0 Å². The van der Waals surface area contributed by atoms with E-state index in [1.807, 2.05) is 12.1 Å². The highest BCUT2D eigenvalue weighted by Crippen LogP contribution is 2.31. The van der Waals surface area contributed by atoms with Crippen LogP contribution < -0.4 is 4.90 Å². The van der Waals surface area contributed by atoms with Crippen molar-refractivity contribution in [3.05, 3.63) is 30.6 Å². The van der Waals surface area contributed by atoms with Crippen LogP contribution in [0, 0.1) is 0 Å². The highest BCUT2D eigenvalue weighted by molar-refractivity contribution is 9.09. The molecule has 1 fully saturated rings. The van der Waals surface area contributed by atoms with Gasteiger partial charge in [-0.05, 0) is 31.4 Å². The molecule has 4 heteroatoms. The first-order chi connectivity index (χ1) is 8.90. The van der Waals surface area contributed by atoms with Crippen molar-refractivity contribution in [2.75, 3.05) is 16.8 Å². The van der Waals surface area contributed by atoms with Crippen LogP contribution in [0.4, 0.5) is 5.82 Å². The number of hydrogen-bond donors (Lipinski definition) is 0. The summed E-state index contributed by atoms with van der Waals surface area (Å²) in [5.74, 6) is 1.09. The Kier molecular flexibility index (Phi) is 3.46. The molecule has 3 rings (SSSR count). The molecule has 0 atom stereocenters.